The van der Waals surface area contributed by atoms with E-state index in [2.05, 4.69) is 10.5 Å². The number of hydrogen-bond donors (Lipinski definition) is 3. The molecule has 0 saturated carbocycles. The first kappa shape index (κ1) is 14.3. The number of rotatable bonds is 6. The van der Waals surface area contributed by atoms with E-state index in [1.165, 1.54) is 6.26 Å². The van der Waals surface area contributed by atoms with Crippen molar-refractivity contribution in [2.24, 2.45) is 10.9 Å². The van der Waals surface area contributed by atoms with Crippen LogP contribution in [0.15, 0.2) is 34.3 Å². The molecule has 0 aliphatic carbocycles. The smallest absolute Gasteiger partial charge is 0.175 e. The molecular formula is C11H17N3O3S. The van der Waals surface area contributed by atoms with Crippen LogP contribution >= 0.6 is 0 Å². The third-order valence-corrected chi connectivity index (χ3v) is 3.48. The molecule has 7 heteroatoms. The number of nitrogens with one attached hydrogen (secondary N) is 1. The molecule has 1 aromatic carbocycles. The van der Waals surface area contributed by atoms with Crippen molar-refractivity contribution >= 4 is 21.4 Å². The summed E-state index contributed by atoms with van der Waals surface area (Å²) in [5.74, 6) is 0.198. The SMILES string of the molecule is CS(=O)(=O)c1ccc(NCCCC(N)=NO)cc1. The molecule has 0 aliphatic rings. The minimum Gasteiger partial charge on any atom is -0.409 e. The number of oxime groups is 1. The summed E-state index contributed by atoms with van der Waals surface area (Å²) in [5.41, 5.74) is 6.16. The molecule has 0 aromatic heterocycles. The van der Waals surface area contributed by atoms with Crippen LogP contribution in [0.5, 0.6) is 0 Å². The molecule has 0 unspecified atom stereocenters. The van der Waals surface area contributed by atoms with Crippen molar-refractivity contribution < 1.29 is 13.6 Å². The van der Waals surface area contributed by atoms with E-state index in [4.69, 9.17) is 10.9 Å². The van der Waals surface area contributed by atoms with E-state index >= 15 is 0 Å². The molecule has 0 radical (unpaired) electrons. The average Bonchev–Trinajstić information content (AvgIpc) is 2.33. The number of amidine groups is 1. The summed E-state index contributed by atoms with van der Waals surface area (Å²) in [6.45, 7) is 0.661. The zero-order chi connectivity index (χ0) is 13.6. The molecule has 100 valence electrons. The summed E-state index contributed by atoms with van der Waals surface area (Å²) in [5, 5.41) is 14.3. The van der Waals surface area contributed by atoms with Gasteiger partial charge in [-0.25, -0.2) is 8.42 Å². The second-order valence-corrected chi connectivity index (χ2v) is 5.93. The van der Waals surface area contributed by atoms with E-state index < -0.39 is 9.84 Å². The first-order valence-corrected chi connectivity index (χ1v) is 7.33. The van der Waals surface area contributed by atoms with Crippen LogP contribution in [0, 0.1) is 0 Å². The van der Waals surface area contributed by atoms with Crippen LogP contribution in [0.25, 0.3) is 0 Å². The van der Waals surface area contributed by atoms with Crippen LogP contribution in [0.4, 0.5) is 5.69 Å². The first-order chi connectivity index (χ1) is 8.43. The predicted molar refractivity (Wildman–Crippen MR) is 70.7 cm³/mol. The lowest BCUT2D eigenvalue weighted by molar-refractivity contribution is 0.316. The second kappa shape index (κ2) is 6.25. The van der Waals surface area contributed by atoms with Crippen molar-refractivity contribution in [1.29, 1.82) is 0 Å². The fourth-order valence-electron chi connectivity index (χ4n) is 1.37. The zero-order valence-electron chi connectivity index (χ0n) is 10.1. The summed E-state index contributed by atoms with van der Waals surface area (Å²) in [6, 6.07) is 6.53. The number of sulfone groups is 1. The normalized spacial score (nSPS) is 12.4. The maximum Gasteiger partial charge on any atom is 0.175 e. The molecule has 1 aromatic rings. The van der Waals surface area contributed by atoms with Gasteiger partial charge in [-0.1, -0.05) is 5.16 Å². The highest BCUT2D eigenvalue weighted by Crippen LogP contribution is 2.13. The van der Waals surface area contributed by atoms with Gasteiger partial charge in [-0.15, -0.1) is 0 Å². The van der Waals surface area contributed by atoms with Gasteiger partial charge in [-0.3, -0.25) is 0 Å². The molecular weight excluding hydrogens is 254 g/mol. The monoisotopic (exact) mass is 271 g/mol. The van der Waals surface area contributed by atoms with Gasteiger partial charge in [-0.05, 0) is 30.7 Å². The number of hydrogen-bond acceptors (Lipinski definition) is 5. The van der Waals surface area contributed by atoms with E-state index in [-0.39, 0.29) is 5.84 Å². The molecule has 0 aliphatic heterocycles. The van der Waals surface area contributed by atoms with Gasteiger partial charge < -0.3 is 16.3 Å². The van der Waals surface area contributed by atoms with Crippen LogP contribution < -0.4 is 11.1 Å². The van der Waals surface area contributed by atoms with Gasteiger partial charge in [0.2, 0.25) is 0 Å². The Balaban J connectivity index is 2.45. The van der Waals surface area contributed by atoms with Gasteiger partial charge >= 0.3 is 0 Å². The van der Waals surface area contributed by atoms with Gasteiger partial charge in [0.1, 0.15) is 5.84 Å². The number of nitrogens with zero attached hydrogens (tertiary/aromatic N) is 1. The largest absolute Gasteiger partial charge is 0.409 e. The third kappa shape index (κ3) is 4.62. The Bertz CT molecular complexity index is 509. The van der Waals surface area contributed by atoms with E-state index in [0.29, 0.717) is 17.9 Å². The molecule has 1 rings (SSSR count). The fraction of sp³-hybridized carbons (Fsp3) is 0.364. The van der Waals surface area contributed by atoms with E-state index in [1.807, 2.05) is 0 Å². The van der Waals surface area contributed by atoms with Crippen molar-refractivity contribution in [2.75, 3.05) is 18.1 Å². The number of benzene rings is 1. The standard InChI is InChI=1S/C11H17N3O3S/c1-18(16,17)10-6-4-9(5-7-10)13-8-2-3-11(12)14-15/h4-7,13,15H,2-3,8H2,1H3,(H2,12,14). The minimum absolute atomic E-state index is 0.198. The molecule has 18 heavy (non-hydrogen) atoms. The quantitative estimate of drug-likeness (QED) is 0.236. The summed E-state index contributed by atoms with van der Waals surface area (Å²) < 4.78 is 22.5. The summed E-state index contributed by atoms with van der Waals surface area (Å²) in [4.78, 5) is 0.296. The van der Waals surface area contributed by atoms with Gasteiger partial charge in [0, 0.05) is 24.9 Å². The predicted octanol–water partition coefficient (Wildman–Crippen LogP) is 1.03. The van der Waals surface area contributed by atoms with Crippen LogP contribution in [0.1, 0.15) is 12.8 Å². The van der Waals surface area contributed by atoms with Crippen molar-refractivity contribution in [1.82, 2.24) is 0 Å². The van der Waals surface area contributed by atoms with Gasteiger partial charge in [0.25, 0.3) is 0 Å². The maximum absolute atomic E-state index is 11.2. The Morgan fingerprint density at radius 1 is 1.39 bits per heavy atom. The molecule has 0 saturated heterocycles. The molecule has 0 heterocycles. The van der Waals surface area contributed by atoms with E-state index in [0.717, 1.165) is 12.1 Å². The lowest BCUT2D eigenvalue weighted by Gasteiger charge is -2.06. The van der Waals surface area contributed by atoms with E-state index in [9.17, 15) is 8.42 Å². The molecule has 0 spiro atoms. The highest BCUT2D eigenvalue weighted by Gasteiger charge is 2.05. The summed E-state index contributed by atoms with van der Waals surface area (Å²) in [6.07, 6.45) is 2.40. The van der Waals surface area contributed by atoms with Crippen molar-refractivity contribution in [2.45, 2.75) is 17.7 Å². The highest BCUT2D eigenvalue weighted by atomic mass is 32.2. The number of nitrogens with two attached hydrogens (primary N) is 1. The van der Waals surface area contributed by atoms with Crippen molar-refractivity contribution in [3.05, 3.63) is 24.3 Å². The molecule has 4 N–H and O–H groups in total. The summed E-state index contributed by atoms with van der Waals surface area (Å²) in [7, 11) is -3.15. The Kier molecular flexibility index (Phi) is 4.96. The topological polar surface area (TPSA) is 105 Å². The highest BCUT2D eigenvalue weighted by molar-refractivity contribution is 7.90. The lowest BCUT2D eigenvalue weighted by atomic mass is 10.2. The minimum atomic E-state index is -3.15. The Morgan fingerprint density at radius 2 is 2.00 bits per heavy atom. The van der Waals surface area contributed by atoms with Gasteiger partial charge in [0.15, 0.2) is 9.84 Å². The zero-order valence-corrected chi connectivity index (χ0v) is 10.9. The first-order valence-electron chi connectivity index (χ1n) is 5.44. The Hall–Kier alpha value is -1.76. The van der Waals surface area contributed by atoms with Crippen LogP contribution in [0.3, 0.4) is 0 Å². The van der Waals surface area contributed by atoms with E-state index in [1.54, 1.807) is 24.3 Å². The lowest BCUT2D eigenvalue weighted by Crippen LogP contribution is -2.13. The fourth-order valence-corrected chi connectivity index (χ4v) is 2.00. The third-order valence-electron chi connectivity index (χ3n) is 2.35. The average molecular weight is 271 g/mol. The van der Waals surface area contributed by atoms with Crippen LogP contribution in [-0.2, 0) is 9.84 Å². The van der Waals surface area contributed by atoms with Gasteiger partial charge in [-0.2, -0.15) is 0 Å². The molecule has 0 fully saturated rings. The van der Waals surface area contributed by atoms with Crippen LogP contribution in [0.2, 0.25) is 0 Å². The van der Waals surface area contributed by atoms with Crippen LogP contribution in [-0.4, -0.2) is 32.3 Å². The summed E-state index contributed by atoms with van der Waals surface area (Å²) >= 11 is 0. The van der Waals surface area contributed by atoms with Crippen molar-refractivity contribution in [3.8, 4) is 0 Å². The maximum atomic E-state index is 11.2. The van der Waals surface area contributed by atoms with Crippen molar-refractivity contribution in [3.63, 3.8) is 0 Å². The number of anilines is 1. The molecule has 0 atom stereocenters. The Morgan fingerprint density at radius 3 is 2.50 bits per heavy atom. The van der Waals surface area contributed by atoms with Gasteiger partial charge in [0.05, 0.1) is 4.90 Å². The molecule has 6 nitrogen and oxygen atoms in total. The molecule has 0 amide bonds. The Labute approximate surface area is 106 Å². The second-order valence-electron chi connectivity index (χ2n) is 3.92. The molecule has 0 bridgehead atoms.